The Morgan fingerprint density at radius 3 is 2.57 bits per heavy atom. The third kappa shape index (κ3) is 3.68. The van der Waals surface area contributed by atoms with Crippen LogP contribution in [0.25, 0.3) is 0 Å². The zero-order chi connectivity index (χ0) is 16.3. The number of para-hydroxylation sites is 1. The first-order chi connectivity index (χ1) is 11.1. The van der Waals surface area contributed by atoms with Crippen molar-refractivity contribution in [2.24, 2.45) is 0 Å². The number of hydrogen-bond acceptors (Lipinski definition) is 4. The second kappa shape index (κ2) is 6.91. The van der Waals surface area contributed by atoms with Crippen LogP contribution in [0.4, 0.5) is 0 Å². The molecule has 0 aromatic heterocycles. The maximum absolute atomic E-state index is 12.8. The van der Waals surface area contributed by atoms with Gasteiger partial charge in [-0.3, -0.25) is 0 Å². The van der Waals surface area contributed by atoms with E-state index < -0.39 is 15.8 Å². The van der Waals surface area contributed by atoms with E-state index in [1.54, 1.807) is 30.3 Å². The molecule has 4 nitrogen and oxygen atoms in total. The average molecular weight is 352 g/mol. The lowest BCUT2D eigenvalue weighted by Crippen LogP contribution is -2.18. The largest absolute Gasteiger partial charge is 0.477 e. The zero-order valence-electron chi connectivity index (χ0n) is 12.6. The molecule has 2 aromatic carbocycles. The smallest absolute Gasteiger partial charge is 0.215 e. The lowest BCUT2D eigenvalue weighted by Gasteiger charge is -2.15. The van der Waals surface area contributed by atoms with E-state index in [2.05, 4.69) is 5.32 Å². The van der Waals surface area contributed by atoms with E-state index in [9.17, 15) is 8.42 Å². The van der Waals surface area contributed by atoms with Gasteiger partial charge in [-0.25, -0.2) is 8.42 Å². The Hall–Kier alpha value is -1.56. The van der Waals surface area contributed by atoms with Gasteiger partial charge in [0.05, 0.1) is 9.92 Å². The summed E-state index contributed by atoms with van der Waals surface area (Å²) in [5.74, 6) is 0.108. The first-order valence-electron chi connectivity index (χ1n) is 7.49. The molecule has 122 valence electrons. The van der Waals surface area contributed by atoms with Crippen molar-refractivity contribution in [3.05, 3.63) is 58.6 Å². The van der Waals surface area contributed by atoms with E-state index in [1.807, 2.05) is 12.1 Å². The molecule has 0 bridgehead atoms. The summed E-state index contributed by atoms with van der Waals surface area (Å²) in [7, 11) is -3.63. The van der Waals surface area contributed by atoms with E-state index >= 15 is 0 Å². The summed E-state index contributed by atoms with van der Waals surface area (Å²) in [5.41, 5.74) is 1.86. The van der Waals surface area contributed by atoms with Gasteiger partial charge in [-0.2, -0.15) is 0 Å². The fourth-order valence-electron chi connectivity index (χ4n) is 2.77. The van der Waals surface area contributed by atoms with E-state index in [0.717, 1.165) is 30.6 Å². The second-order valence-electron chi connectivity index (χ2n) is 5.45. The second-order valence-corrected chi connectivity index (χ2v) is 7.73. The van der Waals surface area contributed by atoms with Crippen molar-refractivity contribution in [3.8, 4) is 5.75 Å². The van der Waals surface area contributed by atoms with Crippen LogP contribution in [0, 0.1) is 0 Å². The van der Waals surface area contributed by atoms with Crippen LogP contribution >= 0.6 is 11.6 Å². The van der Waals surface area contributed by atoms with Gasteiger partial charge in [0.25, 0.3) is 0 Å². The molecule has 0 fully saturated rings. The highest BCUT2D eigenvalue weighted by atomic mass is 35.5. The number of sulfone groups is 1. The highest BCUT2D eigenvalue weighted by molar-refractivity contribution is 7.91. The minimum absolute atomic E-state index is 0.219. The van der Waals surface area contributed by atoms with Gasteiger partial charge in [0.15, 0.2) is 5.94 Å². The van der Waals surface area contributed by atoms with Crippen molar-refractivity contribution >= 4 is 21.4 Å². The molecule has 1 aliphatic rings. The van der Waals surface area contributed by atoms with Gasteiger partial charge >= 0.3 is 0 Å². The summed E-state index contributed by atoms with van der Waals surface area (Å²) < 4.78 is 31.0. The number of benzene rings is 2. The molecule has 1 N–H and O–H groups in total. The van der Waals surface area contributed by atoms with E-state index in [0.29, 0.717) is 12.2 Å². The zero-order valence-corrected chi connectivity index (χ0v) is 14.2. The Bertz CT molecular complexity index is 791. The summed E-state index contributed by atoms with van der Waals surface area (Å²) in [5, 5.41) is 3.55. The molecule has 0 radical (unpaired) electrons. The van der Waals surface area contributed by atoms with Crippen molar-refractivity contribution in [2.45, 2.75) is 17.7 Å². The van der Waals surface area contributed by atoms with Gasteiger partial charge in [-0.1, -0.05) is 35.9 Å². The molecule has 0 aliphatic carbocycles. The van der Waals surface area contributed by atoms with Gasteiger partial charge in [0.2, 0.25) is 9.84 Å². The number of hydrogen-bond donors (Lipinski definition) is 1. The monoisotopic (exact) mass is 351 g/mol. The number of rotatable bonds is 4. The van der Waals surface area contributed by atoms with Crippen LogP contribution in [0.5, 0.6) is 5.75 Å². The first-order valence-corrected chi connectivity index (χ1v) is 9.52. The lowest BCUT2D eigenvalue weighted by molar-refractivity contribution is 0.376. The quantitative estimate of drug-likeness (QED) is 0.920. The number of nitrogens with one attached hydrogen (secondary N) is 1. The Labute approximate surface area is 141 Å². The Morgan fingerprint density at radius 1 is 1.04 bits per heavy atom. The SMILES string of the molecule is O=S(=O)(COc1ccccc1)c1c(Cl)ccc2c1CCNCC2. The fraction of sp³-hybridized carbons (Fsp3) is 0.294. The van der Waals surface area contributed by atoms with Crippen LogP contribution in [-0.4, -0.2) is 27.4 Å². The maximum atomic E-state index is 12.8. The predicted molar refractivity (Wildman–Crippen MR) is 90.9 cm³/mol. The molecule has 0 atom stereocenters. The predicted octanol–water partition coefficient (Wildman–Crippen LogP) is 2.84. The number of fused-ring (bicyclic) bond motifs is 1. The van der Waals surface area contributed by atoms with Gasteiger partial charge in [-0.15, -0.1) is 0 Å². The summed E-state index contributed by atoms with van der Waals surface area (Å²) in [6.07, 6.45) is 1.45. The van der Waals surface area contributed by atoms with Crippen LogP contribution in [0.2, 0.25) is 5.02 Å². The van der Waals surface area contributed by atoms with E-state index in [4.69, 9.17) is 16.3 Å². The number of halogens is 1. The van der Waals surface area contributed by atoms with Gasteiger partial charge < -0.3 is 10.1 Å². The minimum Gasteiger partial charge on any atom is -0.477 e. The van der Waals surface area contributed by atoms with Gasteiger partial charge in [0, 0.05) is 0 Å². The van der Waals surface area contributed by atoms with E-state index in [-0.39, 0.29) is 9.92 Å². The minimum atomic E-state index is -3.63. The third-order valence-electron chi connectivity index (χ3n) is 3.87. The van der Waals surface area contributed by atoms with Crippen molar-refractivity contribution in [1.82, 2.24) is 5.32 Å². The normalized spacial score (nSPS) is 14.8. The molecule has 1 heterocycles. The Morgan fingerprint density at radius 2 is 1.78 bits per heavy atom. The Kier molecular flexibility index (Phi) is 4.90. The molecule has 6 heteroatoms. The first kappa shape index (κ1) is 16.3. The molecular formula is C17H18ClNO3S. The third-order valence-corrected chi connectivity index (χ3v) is 5.81. The van der Waals surface area contributed by atoms with Crippen molar-refractivity contribution in [1.29, 1.82) is 0 Å². The van der Waals surface area contributed by atoms with Crippen LogP contribution in [0.1, 0.15) is 11.1 Å². The molecule has 0 spiro atoms. The van der Waals surface area contributed by atoms with Crippen LogP contribution in [-0.2, 0) is 22.7 Å². The standard InChI is InChI=1S/C17H18ClNO3S/c18-16-7-6-13-8-10-19-11-9-15(13)17(16)23(20,21)12-22-14-4-2-1-3-5-14/h1-7,19H,8-12H2. The fourth-order valence-corrected chi connectivity index (χ4v) is 4.68. The molecular weight excluding hydrogens is 334 g/mol. The molecule has 0 amide bonds. The highest BCUT2D eigenvalue weighted by Gasteiger charge is 2.25. The Balaban J connectivity index is 1.93. The topological polar surface area (TPSA) is 55.4 Å². The average Bonchev–Trinajstić information content (AvgIpc) is 2.79. The summed E-state index contributed by atoms with van der Waals surface area (Å²) in [6.45, 7) is 1.59. The summed E-state index contributed by atoms with van der Waals surface area (Å²) in [6, 6.07) is 12.5. The molecule has 23 heavy (non-hydrogen) atoms. The van der Waals surface area contributed by atoms with Crippen LogP contribution in [0.3, 0.4) is 0 Å². The molecule has 1 aliphatic heterocycles. The van der Waals surface area contributed by atoms with Crippen LogP contribution < -0.4 is 10.1 Å². The lowest BCUT2D eigenvalue weighted by atomic mass is 10.0. The molecule has 3 rings (SSSR count). The summed E-state index contributed by atoms with van der Waals surface area (Å²) in [4.78, 5) is 0.219. The molecule has 0 saturated carbocycles. The maximum Gasteiger partial charge on any atom is 0.215 e. The van der Waals surface area contributed by atoms with Crippen molar-refractivity contribution in [3.63, 3.8) is 0 Å². The molecule has 0 unspecified atom stereocenters. The molecule has 2 aromatic rings. The van der Waals surface area contributed by atoms with Gasteiger partial charge in [0.1, 0.15) is 5.75 Å². The molecule has 0 saturated heterocycles. The van der Waals surface area contributed by atoms with Crippen molar-refractivity contribution < 1.29 is 13.2 Å². The number of ether oxygens (including phenoxy) is 1. The highest BCUT2D eigenvalue weighted by Crippen LogP contribution is 2.31. The van der Waals surface area contributed by atoms with E-state index in [1.165, 1.54) is 0 Å². The van der Waals surface area contributed by atoms with Gasteiger partial charge in [-0.05, 0) is 55.3 Å². The van der Waals surface area contributed by atoms with Crippen molar-refractivity contribution in [2.75, 3.05) is 19.0 Å². The summed E-state index contributed by atoms with van der Waals surface area (Å²) >= 11 is 6.23. The van der Waals surface area contributed by atoms with Crippen LogP contribution in [0.15, 0.2) is 47.4 Å².